The maximum atomic E-state index is 13.0. The lowest BCUT2D eigenvalue weighted by Gasteiger charge is -2.55. The van der Waals surface area contributed by atoms with E-state index in [-0.39, 0.29) is 17.9 Å². The number of ether oxygens (including phenoxy) is 1. The van der Waals surface area contributed by atoms with Gasteiger partial charge in [0.25, 0.3) is 0 Å². The van der Waals surface area contributed by atoms with Crippen molar-refractivity contribution in [3.05, 3.63) is 154 Å². The third-order valence-electron chi connectivity index (χ3n) is 10.7. The first kappa shape index (κ1) is 32.6. The lowest BCUT2D eigenvalue weighted by Crippen LogP contribution is -2.59. The smallest absolute Gasteiger partial charge is 0.124 e. The van der Waals surface area contributed by atoms with E-state index in [4.69, 9.17) is 17.0 Å². The number of likely N-dealkylation sites (N-methyl/N-ethyl adjacent to an activating group) is 1. The van der Waals surface area contributed by atoms with E-state index in [1.807, 2.05) is 18.2 Å². The van der Waals surface area contributed by atoms with Crippen LogP contribution in [-0.4, -0.2) is 49.8 Å². The van der Waals surface area contributed by atoms with Crippen molar-refractivity contribution >= 4 is 11.3 Å². The van der Waals surface area contributed by atoms with Crippen LogP contribution in [0, 0.1) is 11.8 Å². The molecule has 0 saturated carbocycles. The molecular weight excluding hydrogens is 578 g/mol. The van der Waals surface area contributed by atoms with Gasteiger partial charge in [0.15, 0.2) is 0 Å². The number of fused-ring (bicyclic) bond motifs is 3. The summed E-state index contributed by atoms with van der Waals surface area (Å²) in [4.78, 5) is 4.37. The van der Waals surface area contributed by atoms with Crippen molar-refractivity contribution in [2.45, 2.75) is 50.9 Å². The van der Waals surface area contributed by atoms with E-state index < -0.39 is 5.60 Å². The number of nitrogens with two attached hydrogens (primary N) is 1. The lowest BCUT2D eigenvalue weighted by atomic mass is 9.55. The predicted molar refractivity (Wildman–Crippen MR) is 195 cm³/mol. The van der Waals surface area contributed by atoms with Crippen LogP contribution in [0.5, 0.6) is 0 Å². The molecule has 0 radical (unpaired) electrons. The molecule has 3 aliphatic carbocycles. The summed E-state index contributed by atoms with van der Waals surface area (Å²) in [7, 11) is 8.34. The number of benzene rings is 3. The molecule has 3 aromatic carbocycles. The van der Waals surface area contributed by atoms with E-state index >= 15 is 0 Å². The van der Waals surface area contributed by atoms with Crippen LogP contribution >= 0.6 is 0 Å². The average Bonchev–Trinajstić information content (AvgIpc) is 3.04. The normalized spacial score (nSPS) is 23.8. The highest BCUT2D eigenvalue weighted by Gasteiger charge is 2.57. The summed E-state index contributed by atoms with van der Waals surface area (Å²) < 4.78 is 6.64. The third-order valence-corrected chi connectivity index (χ3v) is 10.7. The van der Waals surface area contributed by atoms with Crippen LogP contribution in [0.2, 0.25) is 0 Å². The van der Waals surface area contributed by atoms with Crippen LogP contribution < -0.4 is 10.6 Å². The molecule has 0 saturated heterocycles. The second kappa shape index (κ2) is 12.7. The zero-order valence-electron chi connectivity index (χ0n) is 28.6. The zero-order valence-corrected chi connectivity index (χ0v) is 28.6. The number of aryl methyl sites for hydroxylation is 2. The molecule has 5 heteroatoms. The molecule has 0 aliphatic heterocycles. The van der Waals surface area contributed by atoms with Gasteiger partial charge in [-0.3, -0.25) is 4.90 Å². The second-order valence-electron chi connectivity index (χ2n) is 13.9. The Morgan fingerprint density at radius 2 is 1.57 bits per heavy atom. The van der Waals surface area contributed by atoms with Crippen LogP contribution in [0.3, 0.4) is 0 Å². The Kier molecular flexibility index (Phi) is 8.82. The van der Waals surface area contributed by atoms with Crippen LogP contribution in [0.25, 0.3) is 5.57 Å². The van der Waals surface area contributed by atoms with Gasteiger partial charge in [-0.25, -0.2) is 0 Å². The summed E-state index contributed by atoms with van der Waals surface area (Å²) in [5.41, 5.74) is 17.3. The first-order chi connectivity index (χ1) is 22.4. The van der Waals surface area contributed by atoms with Crippen molar-refractivity contribution < 1.29 is 9.84 Å². The highest BCUT2D eigenvalue weighted by atomic mass is 16.5. The summed E-state index contributed by atoms with van der Waals surface area (Å²) in [5, 5.41) is 13.0. The van der Waals surface area contributed by atoms with E-state index in [9.17, 15) is 5.11 Å². The molecule has 244 valence electrons. The molecular formula is C42H49N3O2. The number of allylic oxidation sites excluding steroid dienone is 3. The molecule has 47 heavy (non-hydrogen) atoms. The first-order valence-corrected chi connectivity index (χ1v) is 16.7. The quantitative estimate of drug-likeness (QED) is 0.262. The number of anilines is 1. The molecule has 6 rings (SSSR count). The van der Waals surface area contributed by atoms with Gasteiger partial charge in [-0.2, -0.15) is 0 Å². The van der Waals surface area contributed by atoms with Crippen LogP contribution in [0.1, 0.15) is 41.2 Å². The largest absolute Gasteiger partial charge is 0.491 e. The zero-order chi connectivity index (χ0) is 33.6. The molecule has 0 heterocycles. The standard InChI is InChI=1S/C42H49N3O2/c1-26-37-27(2)42(46)28(3)39(29(4)43)41(47-25-31-17-13-10-14-18-31)40(45(7)8)35(42)24-33(37)23-34-36(44(5)6)22-21-32(38(26)34)20-19-30-15-11-9-12-16-30/h9-18,21-22,33,35,40,46H,1,3-4,19-20,23-25,43H2,2,5-8H3/t33-,35-,40-,42-/m0/s1. The lowest BCUT2D eigenvalue weighted by molar-refractivity contribution is -0.0269. The Morgan fingerprint density at radius 1 is 0.936 bits per heavy atom. The third kappa shape index (κ3) is 5.56. The van der Waals surface area contributed by atoms with Gasteiger partial charge in [0.1, 0.15) is 18.0 Å². The summed E-state index contributed by atoms with van der Waals surface area (Å²) >= 11 is 0. The Morgan fingerprint density at radius 3 is 2.17 bits per heavy atom. The second-order valence-corrected chi connectivity index (χ2v) is 13.9. The summed E-state index contributed by atoms with van der Waals surface area (Å²) in [6.07, 6.45) is 3.51. The highest BCUT2D eigenvalue weighted by molar-refractivity contribution is 5.88. The Labute approximate surface area is 281 Å². The van der Waals surface area contributed by atoms with E-state index in [1.54, 1.807) is 0 Å². The Hall–Kier alpha value is -4.32. The van der Waals surface area contributed by atoms with Crippen molar-refractivity contribution in [1.29, 1.82) is 0 Å². The monoisotopic (exact) mass is 627 g/mol. The van der Waals surface area contributed by atoms with E-state index in [0.717, 1.165) is 53.7 Å². The van der Waals surface area contributed by atoms with Gasteiger partial charge in [-0.05, 0) is 109 Å². The molecule has 0 aromatic heterocycles. The van der Waals surface area contributed by atoms with Crippen LogP contribution in [0.15, 0.2) is 126 Å². The van der Waals surface area contributed by atoms with Crippen molar-refractivity contribution in [2.24, 2.45) is 17.6 Å². The van der Waals surface area contributed by atoms with E-state index in [2.05, 4.69) is 113 Å². The molecule has 3 aromatic rings. The van der Waals surface area contributed by atoms with Gasteiger partial charge in [0.05, 0.1) is 6.04 Å². The number of hydrogen-bond donors (Lipinski definition) is 2. The van der Waals surface area contributed by atoms with Crippen molar-refractivity contribution in [3.8, 4) is 0 Å². The van der Waals surface area contributed by atoms with Crippen LogP contribution in [-0.2, 0) is 30.6 Å². The summed E-state index contributed by atoms with van der Waals surface area (Å²) in [6.45, 7) is 15.9. The molecule has 0 amide bonds. The number of hydrogen-bond acceptors (Lipinski definition) is 5. The van der Waals surface area contributed by atoms with E-state index in [0.29, 0.717) is 23.5 Å². The molecule has 3 N–H and O–H groups in total. The maximum Gasteiger partial charge on any atom is 0.124 e. The fourth-order valence-corrected chi connectivity index (χ4v) is 8.56. The molecule has 5 nitrogen and oxygen atoms in total. The summed E-state index contributed by atoms with van der Waals surface area (Å²) in [6, 6.07) is 25.1. The van der Waals surface area contributed by atoms with Crippen LogP contribution in [0.4, 0.5) is 5.69 Å². The fourth-order valence-electron chi connectivity index (χ4n) is 8.56. The highest BCUT2D eigenvalue weighted by Crippen LogP contribution is 2.58. The predicted octanol–water partition coefficient (Wildman–Crippen LogP) is 7.23. The first-order valence-electron chi connectivity index (χ1n) is 16.7. The minimum Gasteiger partial charge on any atom is -0.491 e. The minimum absolute atomic E-state index is 0.191. The number of aliphatic hydroxyl groups is 1. The average molecular weight is 628 g/mol. The van der Waals surface area contributed by atoms with Crippen molar-refractivity contribution in [2.75, 3.05) is 33.1 Å². The molecule has 4 atom stereocenters. The van der Waals surface area contributed by atoms with Gasteiger partial charge < -0.3 is 20.5 Å². The number of nitrogens with zero attached hydrogens (tertiary/aromatic N) is 2. The van der Waals surface area contributed by atoms with E-state index in [1.165, 1.54) is 27.9 Å². The van der Waals surface area contributed by atoms with Crippen molar-refractivity contribution in [3.63, 3.8) is 0 Å². The minimum atomic E-state index is -1.33. The number of rotatable bonds is 9. The molecule has 0 spiro atoms. The van der Waals surface area contributed by atoms with Crippen molar-refractivity contribution in [1.82, 2.24) is 4.90 Å². The Balaban J connectivity index is 1.46. The van der Waals surface area contributed by atoms with Gasteiger partial charge >= 0.3 is 0 Å². The molecule has 0 fully saturated rings. The molecule has 0 bridgehead atoms. The SMILES string of the molecule is C=C(N)C1=C(OCc2ccccc2)[C@@H](N(C)C)[C@@H]2C[C@@H]3Cc4c(N(C)C)ccc(CCc5ccccc5)c4C(=C)C3=C(C)[C@]2(O)C1=C. The van der Waals surface area contributed by atoms with Gasteiger partial charge in [-0.15, -0.1) is 0 Å². The van der Waals surface area contributed by atoms with Gasteiger partial charge in [-0.1, -0.05) is 86.5 Å². The molecule has 0 unspecified atom stereocenters. The van der Waals surface area contributed by atoms with Gasteiger partial charge in [0, 0.05) is 37.0 Å². The Bertz CT molecular complexity index is 1780. The summed E-state index contributed by atoms with van der Waals surface area (Å²) in [5.74, 6) is 0.720. The maximum absolute atomic E-state index is 13.0. The fraction of sp³-hybridized carbons (Fsp3) is 0.333. The van der Waals surface area contributed by atoms with Gasteiger partial charge in [0.2, 0.25) is 0 Å². The topological polar surface area (TPSA) is 62.0 Å². The molecule has 3 aliphatic rings.